The van der Waals surface area contributed by atoms with Crippen molar-refractivity contribution in [2.45, 2.75) is 19.8 Å². The lowest BCUT2D eigenvalue weighted by molar-refractivity contribution is 0.607. The van der Waals surface area contributed by atoms with Gasteiger partial charge in [-0.2, -0.15) is 5.10 Å². The molecule has 2 aromatic heterocycles. The Morgan fingerprint density at radius 1 is 1.05 bits per heavy atom. The van der Waals surface area contributed by atoms with Crippen molar-refractivity contribution in [2.24, 2.45) is 0 Å². The number of halogens is 1. The van der Waals surface area contributed by atoms with Crippen LogP contribution in [0.15, 0.2) is 42.5 Å². The Hall–Kier alpha value is -2.23. The van der Waals surface area contributed by atoms with E-state index in [0.717, 1.165) is 17.2 Å². The van der Waals surface area contributed by atoms with Gasteiger partial charge in [-0.25, -0.2) is 13.9 Å². The van der Waals surface area contributed by atoms with Crippen LogP contribution in [-0.4, -0.2) is 14.6 Å². The monoisotopic (exact) mass is 255 g/mol. The first-order valence-electron chi connectivity index (χ1n) is 6.29. The van der Waals surface area contributed by atoms with E-state index in [1.807, 2.05) is 35.7 Å². The van der Waals surface area contributed by atoms with Crippen molar-refractivity contribution in [2.75, 3.05) is 0 Å². The van der Waals surface area contributed by atoms with Gasteiger partial charge in [0.05, 0.1) is 0 Å². The van der Waals surface area contributed by atoms with Gasteiger partial charge >= 0.3 is 0 Å². The van der Waals surface area contributed by atoms with Crippen LogP contribution in [0.25, 0.3) is 5.65 Å². The lowest BCUT2D eigenvalue weighted by Gasteiger charge is -1.99. The molecule has 2 heterocycles. The van der Waals surface area contributed by atoms with E-state index >= 15 is 0 Å². The first kappa shape index (κ1) is 11.8. The topological polar surface area (TPSA) is 30.2 Å². The maximum Gasteiger partial charge on any atom is 0.155 e. The molecule has 0 N–H and O–H groups in total. The van der Waals surface area contributed by atoms with E-state index in [4.69, 9.17) is 0 Å². The van der Waals surface area contributed by atoms with Gasteiger partial charge in [-0.15, -0.1) is 0 Å². The molecule has 0 unspecified atom stereocenters. The molecule has 1 aromatic carbocycles. The SMILES string of the molecule is Cc1cccc2nc(CCc3ccccc3F)nn12. The van der Waals surface area contributed by atoms with Crippen LogP contribution in [0.5, 0.6) is 0 Å². The second-order valence-electron chi connectivity index (χ2n) is 4.56. The summed E-state index contributed by atoms with van der Waals surface area (Å²) >= 11 is 0. The molecule has 4 heteroatoms. The average Bonchev–Trinajstić information content (AvgIpc) is 2.82. The zero-order chi connectivity index (χ0) is 13.2. The van der Waals surface area contributed by atoms with E-state index in [-0.39, 0.29) is 5.82 Å². The minimum atomic E-state index is -0.164. The molecule has 3 rings (SSSR count). The Morgan fingerprint density at radius 2 is 1.89 bits per heavy atom. The Balaban J connectivity index is 1.83. The number of hydrogen-bond donors (Lipinski definition) is 0. The van der Waals surface area contributed by atoms with E-state index in [0.29, 0.717) is 18.4 Å². The molecule has 0 aliphatic rings. The van der Waals surface area contributed by atoms with Crippen LogP contribution in [0.4, 0.5) is 4.39 Å². The van der Waals surface area contributed by atoms with E-state index in [1.165, 1.54) is 6.07 Å². The average molecular weight is 255 g/mol. The van der Waals surface area contributed by atoms with Crippen LogP contribution in [-0.2, 0) is 12.8 Å². The summed E-state index contributed by atoms with van der Waals surface area (Å²) in [6.07, 6.45) is 1.25. The van der Waals surface area contributed by atoms with Crippen molar-refractivity contribution < 1.29 is 4.39 Å². The largest absolute Gasteiger partial charge is 0.218 e. The summed E-state index contributed by atoms with van der Waals surface area (Å²) in [6.45, 7) is 1.99. The lowest BCUT2D eigenvalue weighted by Crippen LogP contribution is -1.97. The number of pyridine rings is 1. The summed E-state index contributed by atoms with van der Waals surface area (Å²) in [5, 5.41) is 4.44. The first-order chi connectivity index (χ1) is 9.24. The normalized spacial score (nSPS) is 11.1. The standard InChI is InChI=1S/C15H14FN3/c1-11-5-4-8-15-17-14(18-19(11)15)10-9-12-6-2-3-7-13(12)16/h2-8H,9-10H2,1H3. The quantitative estimate of drug-likeness (QED) is 0.720. The molecule has 96 valence electrons. The summed E-state index contributed by atoms with van der Waals surface area (Å²) < 4.78 is 15.3. The van der Waals surface area contributed by atoms with Crippen LogP contribution in [0, 0.1) is 12.7 Å². The zero-order valence-electron chi connectivity index (χ0n) is 10.7. The van der Waals surface area contributed by atoms with Crippen LogP contribution >= 0.6 is 0 Å². The molecule has 3 aromatic rings. The van der Waals surface area contributed by atoms with Gasteiger partial charge in [-0.3, -0.25) is 0 Å². The van der Waals surface area contributed by atoms with Gasteiger partial charge in [0.25, 0.3) is 0 Å². The fourth-order valence-corrected chi connectivity index (χ4v) is 2.13. The summed E-state index contributed by atoms with van der Waals surface area (Å²) in [5.74, 6) is 0.583. The highest BCUT2D eigenvalue weighted by Crippen LogP contribution is 2.11. The summed E-state index contributed by atoms with van der Waals surface area (Å²) in [5.41, 5.74) is 2.59. The Bertz CT molecular complexity index is 718. The molecule has 0 bridgehead atoms. The van der Waals surface area contributed by atoms with Crippen molar-refractivity contribution in [3.63, 3.8) is 0 Å². The van der Waals surface area contributed by atoms with Crippen LogP contribution < -0.4 is 0 Å². The molecule has 0 amide bonds. The maximum absolute atomic E-state index is 13.5. The van der Waals surface area contributed by atoms with Crippen molar-refractivity contribution in [3.8, 4) is 0 Å². The summed E-state index contributed by atoms with van der Waals surface area (Å²) in [7, 11) is 0. The zero-order valence-corrected chi connectivity index (χ0v) is 10.7. The van der Waals surface area contributed by atoms with Crippen molar-refractivity contribution in [3.05, 3.63) is 65.4 Å². The molecule has 19 heavy (non-hydrogen) atoms. The number of fused-ring (bicyclic) bond motifs is 1. The van der Waals surface area contributed by atoms with E-state index in [9.17, 15) is 4.39 Å². The number of nitrogens with zero attached hydrogens (tertiary/aromatic N) is 3. The fourth-order valence-electron chi connectivity index (χ4n) is 2.13. The molecule has 0 atom stereocenters. The van der Waals surface area contributed by atoms with Gasteiger partial charge in [0.2, 0.25) is 0 Å². The highest BCUT2D eigenvalue weighted by Gasteiger charge is 2.07. The summed E-state index contributed by atoms with van der Waals surface area (Å²) in [6, 6.07) is 12.7. The van der Waals surface area contributed by atoms with E-state index < -0.39 is 0 Å². The third-order valence-electron chi connectivity index (χ3n) is 3.17. The lowest BCUT2D eigenvalue weighted by atomic mass is 10.1. The molecule has 0 saturated carbocycles. The van der Waals surface area contributed by atoms with Crippen LogP contribution in [0.2, 0.25) is 0 Å². The number of benzene rings is 1. The third-order valence-corrected chi connectivity index (χ3v) is 3.17. The number of rotatable bonds is 3. The molecular formula is C15H14FN3. The van der Waals surface area contributed by atoms with E-state index in [1.54, 1.807) is 12.1 Å². The molecule has 0 aliphatic heterocycles. The highest BCUT2D eigenvalue weighted by molar-refractivity contribution is 5.38. The van der Waals surface area contributed by atoms with Gasteiger partial charge < -0.3 is 0 Å². The minimum absolute atomic E-state index is 0.164. The number of aromatic nitrogens is 3. The van der Waals surface area contributed by atoms with Gasteiger partial charge in [0, 0.05) is 12.1 Å². The predicted octanol–water partition coefficient (Wildman–Crippen LogP) is 2.96. The molecule has 0 radical (unpaired) electrons. The number of aryl methyl sites for hydroxylation is 3. The second kappa shape index (κ2) is 4.80. The van der Waals surface area contributed by atoms with Crippen molar-refractivity contribution in [1.29, 1.82) is 0 Å². The first-order valence-corrected chi connectivity index (χ1v) is 6.29. The molecule has 0 saturated heterocycles. The Morgan fingerprint density at radius 3 is 2.68 bits per heavy atom. The molecule has 0 spiro atoms. The number of hydrogen-bond acceptors (Lipinski definition) is 2. The summed E-state index contributed by atoms with van der Waals surface area (Å²) in [4.78, 5) is 4.45. The van der Waals surface area contributed by atoms with Gasteiger partial charge in [-0.05, 0) is 37.1 Å². The van der Waals surface area contributed by atoms with Gasteiger partial charge in [0.1, 0.15) is 5.82 Å². The van der Waals surface area contributed by atoms with Crippen LogP contribution in [0.3, 0.4) is 0 Å². The Kier molecular flexibility index (Phi) is 2.99. The van der Waals surface area contributed by atoms with Gasteiger partial charge in [-0.1, -0.05) is 24.3 Å². The van der Waals surface area contributed by atoms with Crippen LogP contribution in [0.1, 0.15) is 17.1 Å². The van der Waals surface area contributed by atoms with E-state index in [2.05, 4.69) is 10.1 Å². The minimum Gasteiger partial charge on any atom is -0.218 e. The molecule has 0 fully saturated rings. The van der Waals surface area contributed by atoms with Crippen molar-refractivity contribution in [1.82, 2.24) is 14.6 Å². The maximum atomic E-state index is 13.5. The smallest absolute Gasteiger partial charge is 0.155 e. The van der Waals surface area contributed by atoms with Gasteiger partial charge in [0.15, 0.2) is 11.5 Å². The third kappa shape index (κ3) is 2.34. The highest BCUT2D eigenvalue weighted by atomic mass is 19.1. The second-order valence-corrected chi connectivity index (χ2v) is 4.56. The predicted molar refractivity (Wildman–Crippen MR) is 71.5 cm³/mol. The van der Waals surface area contributed by atoms with Crippen molar-refractivity contribution >= 4 is 5.65 Å². The fraction of sp³-hybridized carbons (Fsp3) is 0.200. The molecular weight excluding hydrogens is 241 g/mol. The molecule has 3 nitrogen and oxygen atoms in total. The molecule has 0 aliphatic carbocycles. The Labute approximate surface area is 110 Å².